The van der Waals surface area contributed by atoms with Crippen LogP contribution in [0.3, 0.4) is 0 Å². The highest BCUT2D eigenvalue weighted by molar-refractivity contribution is 6.31. The number of likely N-dealkylation sites (tertiary alicyclic amines) is 2. The van der Waals surface area contributed by atoms with Gasteiger partial charge in [-0.05, 0) is 94.3 Å². The number of benzene rings is 2. The van der Waals surface area contributed by atoms with Gasteiger partial charge in [0.25, 0.3) is 0 Å². The van der Waals surface area contributed by atoms with E-state index in [2.05, 4.69) is 45.9 Å². The molecule has 3 amide bonds. The van der Waals surface area contributed by atoms with Crippen LogP contribution in [-0.2, 0) is 25.5 Å². The van der Waals surface area contributed by atoms with Crippen LogP contribution < -0.4 is 10.6 Å². The Balaban J connectivity index is 1.04. The summed E-state index contributed by atoms with van der Waals surface area (Å²) < 4.78 is 6.55. The Labute approximate surface area is 283 Å². The van der Waals surface area contributed by atoms with Crippen molar-refractivity contribution < 1.29 is 19.1 Å². The predicted octanol–water partition coefficient (Wildman–Crippen LogP) is 5.53. The number of hydrogen-bond donors (Lipinski definition) is 2. The molecule has 4 aliphatic heterocycles. The van der Waals surface area contributed by atoms with Crippen LogP contribution in [0.25, 0.3) is 0 Å². The Kier molecular flexibility index (Phi) is 9.45. The average Bonchev–Trinajstić information content (AvgIpc) is 3.72. The summed E-state index contributed by atoms with van der Waals surface area (Å²) >= 11 is 6.33. The van der Waals surface area contributed by atoms with E-state index in [4.69, 9.17) is 16.3 Å². The Morgan fingerprint density at radius 1 is 0.979 bits per heavy atom. The average molecular weight is 659 g/mol. The summed E-state index contributed by atoms with van der Waals surface area (Å²) in [7, 11) is 0. The first-order valence-corrected chi connectivity index (χ1v) is 18.0. The van der Waals surface area contributed by atoms with E-state index in [1.54, 1.807) is 11.0 Å². The maximum absolute atomic E-state index is 14.4. The number of nitrogens with one attached hydrogen (secondary N) is 2. The lowest BCUT2D eigenvalue weighted by atomic mass is 9.74. The fourth-order valence-electron chi connectivity index (χ4n) is 8.76. The molecule has 9 heteroatoms. The molecule has 1 spiro atoms. The number of anilines is 1. The van der Waals surface area contributed by atoms with Gasteiger partial charge >= 0.3 is 0 Å². The van der Waals surface area contributed by atoms with E-state index in [1.807, 2.05) is 31.2 Å². The van der Waals surface area contributed by atoms with Crippen molar-refractivity contribution in [3.8, 4) is 0 Å². The molecule has 5 atom stereocenters. The molecule has 1 saturated carbocycles. The largest absolute Gasteiger partial charge is 0.359 e. The SMILES string of the molecule is Cc1ccc(NC(=O)[C@@H]2[C@H]3C=C[C@]4(O3)[C@H](C(=O)NC3CCCCC3)N(CCCN3CCC(Cc5ccccc5)CC3)C(=O)[C@@H]24)cc1Cl. The van der Waals surface area contributed by atoms with Gasteiger partial charge in [0.15, 0.2) is 0 Å². The predicted molar refractivity (Wildman–Crippen MR) is 183 cm³/mol. The van der Waals surface area contributed by atoms with Gasteiger partial charge in [-0.15, -0.1) is 0 Å². The molecule has 8 nitrogen and oxygen atoms in total. The van der Waals surface area contributed by atoms with E-state index in [0.717, 1.165) is 76.6 Å². The molecule has 0 unspecified atom stereocenters. The van der Waals surface area contributed by atoms with Crippen LogP contribution in [0.2, 0.25) is 5.02 Å². The van der Waals surface area contributed by atoms with E-state index in [1.165, 1.54) is 12.0 Å². The molecule has 2 aromatic rings. The monoisotopic (exact) mass is 658 g/mol. The van der Waals surface area contributed by atoms with Crippen LogP contribution in [0, 0.1) is 24.7 Å². The highest BCUT2D eigenvalue weighted by atomic mass is 35.5. The van der Waals surface area contributed by atoms with Gasteiger partial charge in [-0.25, -0.2) is 0 Å². The first kappa shape index (κ1) is 32.4. The number of carbonyl (C=O) groups is 3. The van der Waals surface area contributed by atoms with E-state index in [9.17, 15) is 14.4 Å². The summed E-state index contributed by atoms with van der Waals surface area (Å²) in [6, 6.07) is 15.4. The molecule has 4 heterocycles. The van der Waals surface area contributed by atoms with E-state index in [0.29, 0.717) is 23.2 Å². The molecule has 2 N–H and O–H groups in total. The second kappa shape index (κ2) is 13.7. The molecular formula is C38H47ClN4O4. The third-order valence-corrected chi connectivity index (χ3v) is 11.7. The minimum Gasteiger partial charge on any atom is -0.359 e. The third kappa shape index (κ3) is 6.49. The van der Waals surface area contributed by atoms with Gasteiger partial charge in [0, 0.05) is 23.3 Å². The molecule has 0 aromatic heterocycles. The smallest absolute Gasteiger partial charge is 0.246 e. The van der Waals surface area contributed by atoms with Crippen molar-refractivity contribution in [2.24, 2.45) is 17.8 Å². The second-order valence-corrected chi connectivity index (χ2v) is 14.8. The topological polar surface area (TPSA) is 91.0 Å². The number of amides is 3. The summed E-state index contributed by atoms with van der Waals surface area (Å²) in [5.74, 6) is -1.40. The molecule has 4 fully saturated rings. The van der Waals surface area contributed by atoms with Crippen molar-refractivity contribution in [3.63, 3.8) is 0 Å². The number of fused-ring (bicyclic) bond motifs is 1. The lowest BCUT2D eigenvalue weighted by Gasteiger charge is -2.35. The van der Waals surface area contributed by atoms with Crippen LogP contribution in [0.1, 0.15) is 62.5 Å². The van der Waals surface area contributed by atoms with Crippen LogP contribution >= 0.6 is 11.6 Å². The zero-order valence-electron chi connectivity index (χ0n) is 27.3. The molecule has 250 valence electrons. The summed E-state index contributed by atoms with van der Waals surface area (Å²) in [5, 5.41) is 6.83. The summed E-state index contributed by atoms with van der Waals surface area (Å²) in [5.41, 5.74) is 1.75. The number of hydrogen-bond acceptors (Lipinski definition) is 5. The fraction of sp³-hybridized carbons (Fsp3) is 0.553. The van der Waals surface area contributed by atoms with Gasteiger partial charge in [0.1, 0.15) is 11.6 Å². The van der Waals surface area contributed by atoms with E-state index in [-0.39, 0.29) is 23.8 Å². The lowest BCUT2D eigenvalue weighted by Crippen LogP contribution is -2.56. The Morgan fingerprint density at radius 3 is 2.49 bits per heavy atom. The van der Waals surface area contributed by atoms with Gasteiger partial charge in [-0.3, -0.25) is 14.4 Å². The number of piperidine rings is 1. The molecule has 1 aliphatic carbocycles. The Hall–Kier alpha value is -3.20. The minimum absolute atomic E-state index is 0.105. The van der Waals surface area contributed by atoms with E-state index < -0.39 is 29.6 Å². The lowest BCUT2D eigenvalue weighted by molar-refractivity contribution is -0.141. The molecule has 2 bridgehead atoms. The van der Waals surface area contributed by atoms with Crippen molar-refractivity contribution >= 4 is 35.0 Å². The van der Waals surface area contributed by atoms with Crippen molar-refractivity contribution in [3.05, 3.63) is 76.8 Å². The highest BCUT2D eigenvalue weighted by Crippen LogP contribution is 2.55. The summed E-state index contributed by atoms with van der Waals surface area (Å²) in [6.07, 6.45) is 12.7. The van der Waals surface area contributed by atoms with Gasteiger partial charge in [0.05, 0.1) is 17.9 Å². The van der Waals surface area contributed by atoms with Crippen LogP contribution in [0.5, 0.6) is 0 Å². The molecule has 2 aromatic carbocycles. The highest BCUT2D eigenvalue weighted by Gasteiger charge is 2.72. The first-order valence-electron chi connectivity index (χ1n) is 17.6. The minimum atomic E-state index is -1.15. The quantitative estimate of drug-likeness (QED) is 0.328. The van der Waals surface area contributed by atoms with Gasteiger partial charge in [-0.1, -0.05) is 79.4 Å². The molecule has 5 aliphatic rings. The van der Waals surface area contributed by atoms with Crippen molar-refractivity contribution in [2.45, 2.75) is 88.5 Å². The Morgan fingerprint density at radius 2 is 1.74 bits per heavy atom. The second-order valence-electron chi connectivity index (χ2n) is 14.4. The number of nitrogens with zero attached hydrogens (tertiary/aromatic N) is 2. The molecule has 7 rings (SSSR count). The summed E-state index contributed by atoms with van der Waals surface area (Å²) in [6.45, 7) is 5.32. The van der Waals surface area contributed by atoms with Crippen LogP contribution in [0.15, 0.2) is 60.7 Å². The number of ether oxygens (including phenoxy) is 1. The summed E-state index contributed by atoms with van der Waals surface area (Å²) in [4.78, 5) is 46.5. The first-order chi connectivity index (χ1) is 22.8. The molecule has 3 saturated heterocycles. The maximum Gasteiger partial charge on any atom is 0.246 e. The number of carbonyl (C=O) groups excluding carboxylic acids is 3. The van der Waals surface area contributed by atoms with Crippen molar-refractivity contribution in [1.82, 2.24) is 15.1 Å². The molecule has 0 radical (unpaired) electrons. The normalized spacial score (nSPS) is 29.3. The van der Waals surface area contributed by atoms with E-state index >= 15 is 0 Å². The molecule has 47 heavy (non-hydrogen) atoms. The number of halogens is 1. The Bertz CT molecular complexity index is 1500. The zero-order valence-corrected chi connectivity index (χ0v) is 28.1. The number of aryl methyl sites for hydroxylation is 1. The van der Waals surface area contributed by atoms with Gasteiger partial charge < -0.3 is 25.2 Å². The number of rotatable bonds is 10. The maximum atomic E-state index is 14.4. The van der Waals surface area contributed by atoms with Gasteiger partial charge in [0.2, 0.25) is 17.7 Å². The third-order valence-electron chi connectivity index (χ3n) is 11.3. The fourth-order valence-corrected chi connectivity index (χ4v) is 8.94. The van der Waals surface area contributed by atoms with Crippen LogP contribution in [-0.4, -0.2) is 77.5 Å². The zero-order chi connectivity index (χ0) is 32.5. The molecular weight excluding hydrogens is 612 g/mol. The van der Waals surface area contributed by atoms with Crippen LogP contribution in [0.4, 0.5) is 5.69 Å². The van der Waals surface area contributed by atoms with Gasteiger partial charge in [-0.2, -0.15) is 0 Å². The van der Waals surface area contributed by atoms with Crippen molar-refractivity contribution in [2.75, 3.05) is 31.5 Å². The standard InChI is InChI=1S/C38H47ClN4O4/c1-25-13-14-29(24-30(25)39)41-35(44)32-31-15-18-38(47-31)33(32)37(46)43(34(38)36(45)40-28-11-6-3-7-12-28)20-8-19-42-21-16-27(17-22-42)23-26-9-4-2-5-10-26/h2,4-5,9-10,13-15,18,24,27-28,31-34H,3,6-8,11-12,16-17,19-23H2,1H3,(H,40,45)(H,41,44)/t31-,32-,33-,34+,38-/m1/s1. The van der Waals surface area contributed by atoms with Crippen molar-refractivity contribution in [1.29, 1.82) is 0 Å².